The number of benzene rings is 7. The molecule has 1 aliphatic heterocycles. The fourth-order valence-electron chi connectivity index (χ4n) is 7.38. The Hall–Kier alpha value is -6.38. The highest BCUT2D eigenvalue weighted by Gasteiger charge is 2.17. The van der Waals surface area contributed by atoms with Gasteiger partial charge in [0.25, 0.3) is 0 Å². The van der Waals surface area contributed by atoms with E-state index >= 15 is 0 Å². The third-order valence-corrected chi connectivity index (χ3v) is 9.90. The van der Waals surface area contributed by atoms with Crippen molar-refractivity contribution in [1.29, 1.82) is 0 Å². The van der Waals surface area contributed by atoms with Crippen LogP contribution in [-0.2, 0) is 6.42 Å². The molecule has 1 aliphatic rings. The Kier molecular flexibility index (Phi) is 7.68. The lowest BCUT2D eigenvalue weighted by molar-refractivity contribution is 1.07. The Morgan fingerprint density at radius 1 is 0.380 bits per heavy atom. The van der Waals surface area contributed by atoms with E-state index in [1.165, 1.54) is 72.1 Å². The molecule has 238 valence electrons. The summed E-state index contributed by atoms with van der Waals surface area (Å²) in [6, 6.07) is 61.8. The molecule has 0 amide bonds. The van der Waals surface area contributed by atoms with Crippen molar-refractivity contribution in [3.8, 4) is 39.1 Å². The number of nitrogens with zero attached hydrogens (tertiary/aromatic N) is 2. The van der Waals surface area contributed by atoms with Gasteiger partial charge in [-0.1, -0.05) is 140 Å². The molecule has 50 heavy (non-hydrogen) atoms. The standard InChI is InChI=1S/C48H36N2/c1-2-12-32-49(42-26-20-37(21-27-42)35-13-6-3-7-14-35)46-30-24-39(33-41(46)17-5-1)40-25-31-48-45(34-40)44-18-10-11-19-47(44)50(48)43-28-22-38(23-29-43)36-15-8-4-9-16-36/h1-16,18-31,33-34H,17,32H2/b5-1-,12-2-. The van der Waals surface area contributed by atoms with Crippen LogP contribution >= 0.6 is 0 Å². The molecule has 0 aliphatic carbocycles. The van der Waals surface area contributed by atoms with Gasteiger partial charge >= 0.3 is 0 Å². The van der Waals surface area contributed by atoms with Crippen molar-refractivity contribution in [1.82, 2.24) is 4.57 Å². The van der Waals surface area contributed by atoms with Crippen LogP contribution in [0.15, 0.2) is 194 Å². The van der Waals surface area contributed by atoms with Gasteiger partial charge in [0, 0.05) is 34.4 Å². The molecule has 0 unspecified atom stereocenters. The summed E-state index contributed by atoms with van der Waals surface area (Å²) in [4.78, 5) is 2.43. The van der Waals surface area contributed by atoms with E-state index in [0.29, 0.717) is 0 Å². The predicted octanol–water partition coefficient (Wildman–Crippen LogP) is 12.6. The minimum absolute atomic E-state index is 0.805. The summed E-state index contributed by atoms with van der Waals surface area (Å²) >= 11 is 0. The number of para-hydroxylation sites is 1. The molecule has 2 nitrogen and oxygen atoms in total. The maximum atomic E-state index is 2.43. The van der Waals surface area contributed by atoms with Crippen molar-refractivity contribution in [3.05, 3.63) is 200 Å². The molecule has 8 aromatic rings. The van der Waals surface area contributed by atoms with Crippen molar-refractivity contribution in [2.24, 2.45) is 0 Å². The zero-order chi connectivity index (χ0) is 33.3. The van der Waals surface area contributed by atoms with Gasteiger partial charge in [0.15, 0.2) is 0 Å². The molecule has 9 rings (SSSR count). The zero-order valence-electron chi connectivity index (χ0n) is 27.8. The number of fused-ring (bicyclic) bond motifs is 4. The van der Waals surface area contributed by atoms with Crippen LogP contribution in [0.2, 0.25) is 0 Å². The molecule has 0 bridgehead atoms. The molecule has 2 heteroatoms. The van der Waals surface area contributed by atoms with Gasteiger partial charge in [-0.2, -0.15) is 0 Å². The van der Waals surface area contributed by atoms with Gasteiger partial charge in [-0.15, -0.1) is 0 Å². The van der Waals surface area contributed by atoms with Crippen molar-refractivity contribution < 1.29 is 0 Å². The van der Waals surface area contributed by atoms with Crippen molar-refractivity contribution in [2.45, 2.75) is 6.42 Å². The van der Waals surface area contributed by atoms with E-state index in [1.807, 2.05) is 0 Å². The number of hydrogen-bond donors (Lipinski definition) is 0. The minimum Gasteiger partial charge on any atom is -0.337 e. The van der Waals surface area contributed by atoms with Gasteiger partial charge in [0.1, 0.15) is 0 Å². The molecule has 7 aromatic carbocycles. The summed E-state index contributed by atoms with van der Waals surface area (Å²) in [5.74, 6) is 0. The second kappa shape index (κ2) is 12.9. The van der Waals surface area contributed by atoms with E-state index < -0.39 is 0 Å². The fraction of sp³-hybridized carbons (Fsp3) is 0.0417. The van der Waals surface area contributed by atoms with Gasteiger partial charge in [-0.25, -0.2) is 0 Å². The number of aromatic nitrogens is 1. The summed E-state index contributed by atoms with van der Waals surface area (Å²) in [5, 5.41) is 2.52. The van der Waals surface area contributed by atoms with Crippen molar-refractivity contribution in [2.75, 3.05) is 11.4 Å². The van der Waals surface area contributed by atoms with Crippen LogP contribution in [-0.4, -0.2) is 11.1 Å². The Morgan fingerprint density at radius 2 is 0.920 bits per heavy atom. The quantitative estimate of drug-likeness (QED) is 0.182. The summed E-state index contributed by atoms with van der Waals surface area (Å²) in [6.07, 6.45) is 9.71. The van der Waals surface area contributed by atoms with Gasteiger partial charge < -0.3 is 9.47 Å². The van der Waals surface area contributed by atoms with E-state index in [-0.39, 0.29) is 0 Å². The first kappa shape index (κ1) is 29.7. The topological polar surface area (TPSA) is 8.17 Å². The maximum absolute atomic E-state index is 2.43. The van der Waals surface area contributed by atoms with E-state index in [4.69, 9.17) is 0 Å². The van der Waals surface area contributed by atoms with Crippen LogP contribution in [0.1, 0.15) is 5.56 Å². The highest BCUT2D eigenvalue weighted by molar-refractivity contribution is 6.10. The predicted molar refractivity (Wildman–Crippen MR) is 213 cm³/mol. The lowest BCUT2D eigenvalue weighted by Gasteiger charge is -2.27. The van der Waals surface area contributed by atoms with E-state index in [0.717, 1.165) is 18.7 Å². The number of allylic oxidation sites excluding steroid dienone is 3. The average molecular weight is 641 g/mol. The van der Waals surface area contributed by atoms with Crippen molar-refractivity contribution >= 4 is 33.2 Å². The monoisotopic (exact) mass is 640 g/mol. The Bertz CT molecular complexity index is 2500. The first-order chi connectivity index (χ1) is 24.8. The summed E-state index contributed by atoms with van der Waals surface area (Å²) in [6.45, 7) is 0.805. The van der Waals surface area contributed by atoms with Crippen LogP contribution in [0.25, 0.3) is 60.9 Å². The average Bonchev–Trinajstić information content (AvgIpc) is 3.57. The molecule has 0 fully saturated rings. The molecule has 2 heterocycles. The SMILES string of the molecule is C1=C\Cc2cc(-c3ccc4c(c3)c3ccccc3n4-c3ccc(-c4ccccc4)cc3)ccc2N(c2ccc(-c3ccccc3)cc2)C\C=C/1. The van der Waals surface area contributed by atoms with Crippen LogP contribution in [0.4, 0.5) is 11.4 Å². The zero-order valence-corrected chi connectivity index (χ0v) is 27.8. The Labute approximate surface area is 293 Å². The summed E-state index contributed by atoms with van der Waals surface area (Å²) in [5.41, 5.74) is 14.7. The molecule has 0 N–H and O–H groups in total. The number of rotatable bonds is 5. The molecule has 0 saturated carbocycles. The second-order valence-electron chi connectivity index (χ2n) is 12.9. The Morgan fingerprint density at radius 3 is 1.64 bits per heavy atom. The van der Waals surface area contributed by atoms with Gasteiger partial charge in [0.2, 0.25) is 0 Å². The lowest BCUT2D eigenvalue weighted by Crippen LogP contribution is -2.18. The van der Waals surface area contributed by atoms with E-state index in [9.17, 15) is 0 Å². The highest BCUT2D eigenvalue weighted by Crippen LogP contribution is 2.38. The third kappa shape index (κ3) is 5.51. The first-order valence-corrected chi connectivity index (χ1v) is 17.4. The van der Waals surface area contributed by atoms with E-state index in [2.05, 4.69) is 204 Å². The summed E-state index contributed by atoms with van der Waals surface area (Å²) < 4.78 is 2.39. The smallest absolute Gasteiger partial charge is 0.0541 e. The van der Waals surface area contributed by atoms with Gasteiger partial charge in [-0.3, -0.25) is 0 Å². The molecule has 0 saturated heterocycles. The lowest BCUT2D eigenvalue weighted by atomic mass is 9.97. The maximum Gasteiger partial charge on any atom is 0.0541 e. The van der Waals surface area contributed by atoms with E-state index in [1.54, 1.807) is 0 Å². The molecule has 1 aromatic heterocycles. The third-order valence-electron chi connectivity index (χ3n) is 9.90. The largest absolute Gasteiger partial charge is 0.337 e. The van der Waals surface area contributed by atoms with Gasteiger partial charge in [-0.05, 0) is 100.0 Å². The van der Waals surface area contributed by atoms with Crippen LogP contribution < -0.4 is 4.90 Å². The summed E-state index contributed by atoms with van der Waals surface area (Å²) in [7, 11) is 0. The van der Waals surface area contributed by atoms with Crippen molar-refractivity contribution in [3.63, 3.8) is 0 Å². The van der Waals surface area contributed by atoms with Gasteiger partial charge in [0.05, 0.1) is 11.0 Å². The Balaban J connectivity index is 1.09. The van der Waals surface area contributed by atoms with Crippen LogP contribution in [0, 0.1) is 0 Å². The molecular formula is C48H36N2. The number of hydrogen-bond acceptors (Lipinski definition) is 1. The van der Waals surface area contributed by atoms with Crippen LogP contribution in [0.3, 0.4) is 0 Å². The number of anilines is 2. The fourth-order valence-corrected chi connectivity index (χ4v) is 7.38. The molecule has 0 radical (unpaired) electrons. The second-order valence-corrected chi connectivity index (χ2v) is 12.9. The molecular weight excluding hydrogens is 605 g/mol. The van der Waals surface area contributed by atoms with Crippen LogP contribution in [0.5, 0.6) is 0 Å². The normalized spacial score (nSPS) is 14.1. The molecule has 0 atom stereocenters. The first-order valence-electron chi connectivity index (χ1n) is 17.4. The minimum atomic E-state index is 0.805. The molecule has 0 spiro atoms. The highest BCUT2D eigenvalue weighted by atomic mass is 15.1.